The molecule has 1 aromatic carbocycles. The lowest BCUT2D eigenvalue weighted by Crippen LogP contribution is -2.04. The first-order chi connectivity index (χ1) is 8.11. The van der Waals surface area contributed by atoms with E-state index in [2.05, 4.69) is 55.4 Å². The average Bonchev–Trinajstić information content (AvgIpc) is 2.32. The van der Waals surface area contributed by atoms with Crippen molar-refractivity contribution >= 4 is 44.3 Å². The minimum absolute atomic E-state index is 0.549. The average molecular weight is 404 g/mol. The minimum atomic E-state index is 0.549. The number of rotatable bonds is 2. The Morgan fingerprint density at radius 3 is 2.76 bits per heavy atom. The summed E-state index contributed by atoms with van der Waals surface area (Å²) in [5.74, 6) is 1.23. The van der Waals surface area contributed by atoms with E-state index in [1.54, 1.807) is 0 Å². The van der Waals surface area contributed by atoms with Gasteiger partial charge in [-0.2, -0.15) is 0 Å². The number of hydrogen-bond acceptors (Lipinski definition) is 3. The monoisotopic (exact) mass is 403 g/mol. The topological polar surface area (TPSA) is 51.8 Å². The molecule has 1 aromatic heterocycles. The zero-order chi connectivity index (χ0) is 12.4. The Bertz CT molecular complexity index is 557. The number of nitrogens with zero attached hydrogens (tertiary/aromatic N) is 2. The van der Waals surface area contributed by atoms with E-state index >= 15 is 0 Å². The molecule has 0 spiro atoms. The van der Waals surface area contributed by atoms with Crippen molar-refractivity contribution in [3.63, 3.8) is 0 Å². The van der Waals surface area contributed by atoms with Crippen molar-refractivity contribution in [1.82, 2.24) is 9.97 Å². The van der Waals surface area contributed by atoms with Crippen molar-refractivity contribution in [3.05, 3.63) is 38.0 Å². The zero-order valence-corrected chi connectivity index (χ0v) is 13.0. The molecule has 1 heterocycles. The second-order valence-corrected chi connectivity index (χ2v) is 5.55. The molecule has 0 unspecified atom stereocenters. The van der Waals surface area contributed by atoms with Crippen molar-refractivity contribution in [2.45, 2.75) is 13.3 Å². The number of nitrogens with two attached hydrogens (primary N) is 1. The number of benzene rings is 1. The minimum Gasteiger partial charge on any atom is -0.383 e. The quantitative estimate of drug-likeness (QED) is 0.778. The third-order valence-electron chi connectivity index (χ3n) is 2.36. The molecule has 0 saturated heterocycles. The van der Waals surface area contributed by atoms with Gasteiger partial charge in [0.15, 0.2) is 5.82 Å². The third kappa shape index (κ3) is 2.77. The lowest BCUT2D eigenvalue weighted by Gasteiger charge is -2.07. The first-order valence-corrected chi connectivity index (χ1v) is 7.06. The van der Waals surface area contributed by atoms with Gasteiger partial charge in [0.05, 0.1) is 9.26 Å². The van der Waals surface area contributed by atoms with E-state index in [1.807, 2.05) is 24.3 Å². The van der Waals surface area contributed by atoms with Crippen LogP contribution < -0.4 is 5.73 Å². The number of halogens is 2. The predicted molar refractivity (Wildman–Crippen MR) is 81.7 cm³/mol. The van der Waals surface area contributed by atoms with Gasteiger partial charge >= 0.3 is 0 Å². The normalized spacial score (nSPS) is 10.5. The highest BCUT2D eigenvalue weighted by atomic mass is 127. The third-order valence-corrected chi connectivity index (χ3v) is 4.03. The van der Waals surface area contributed by atoms with Crippen LogP contribution in [-0.4, -0.2) is 9.97 Å². The first kappa shape index (κ1) is 12.8. The summed E-state index contributed by atoms with van der Waals surface area (Å²) in [6.07, 6.45) is 0.853. The fraction of sp³-hybridized carbons (Fsp3) is 0.167. The number of aromatic nitrogens is 2. The fourth-order valence-electron chi connectivity index (χ4n) is 1.50. The predicted octanol–water partition coefficient (Wildman–Crippen LogP) is 3.66. The van der Waals surface area contributed by atoms with Gasteiger partial charge in [0, 0.05) is 10.0 Å². The molecule has 0 atom stereocenters. The van der Waals surface area contributed by atoms with Crippen LogP contribution in [0.5, 0.6) is 0 Å². The molecule has 0 bridgehead atoms. The molecule has 0 amide bonds. The van der Waals surface area contributed by atoms with E-state index in [0.29, 0.717) is 11.6 Å². The van der Waals surface area contributed by atoms with Crippen molar-refractivity contribution in [3.8, 4) is 11.4 Å². The molecular formula is C12H11BrIN3. The number of nitrogen functional groups attached to an aromatic ring is 1. The van der Waals surface area contributed by atoms with E-state index in [9.17, 15) is 0 Å². The standard InChI is InChI=1S/C12H11BrIN3/c1-2-9-10(14)11(15)17-12(16-9)7-4-3-5-8(13)6-7/h3-6H,2H2,1H3,(H2,15,16,17). The highest BCUT2D eigenvalue weighted by Gasteiger charge is 2.10. The molecule has 88 valence electrons. The molecule has 17 heavy (non-hydrogen) atoms. The Labute approximate surface area is 122 Å². The van der Waals surface area contributed by atoms with Crippen LogP contribution in [0.3, 0.4) is 0 Å². The lowest BCUT2D eigenvalue weighted by molar-refractivity contribution is 0.994. The van der Waals surface area contributed by atoms with Gasteiger partial charge in [-0.15, -0.1) is 0 Å². The van der Waals surface area contributed by atoms with Gasteiger partial charge in [-0.05, 0) is 41.1 Å². The van der Waals surface area contributed by atoms with Gasteiger partial charge in [-0.3, -0.25) is 0 Å². The van der Waals surface area contributed by atoms with Crippen LogP contribution >= 0.6 is 38.5 Å². The molecule has 0 aliphatic carbocycles. The summed E-state index contributed by atoms with van der Waals surface area (Å²) in [5.41, 5.74) is 7.87. The largest absolute Gasteiger partial charge is 0.383 e. The number of aryl methyl sites for hydroxylation is 1. The molecule has 0 radical (unpaired) electrons. The maximum absolute atomic E-state index is 5.90. The van der Waals surface area contributed by atoms with Crippen LogP contribution in [0.2, 0.25) is 0 Å². The van der Waals surface area contributed by atoms with E-state index < -0.39 is 0 Å². The van der Waals surface area contributed by atoms with Gasteiger partial charge in [0.25, 0.3) is 0 Å². The van der Waals surface area contributed by atoms with Crippen LogP contribution in [0.15, 0.2) is 28.7 Å². The van der Waals surface area contributed by atoms with Crippen LogP contribution in [0.4, 0.5) is 5.82 Å². The maximum atomic E-state index is 5.90. The van der Waals surface area contributed by atoms with E-state index in [-0.39, 0.29) is 0 Å². The molecule has 3 nitrogen and oxygen atoms in total. The van der Waals surface area contributed by atoms with Gasteiger partial charge in [-0.1, -0.05) is 35.0 Å². The molecule has 2 N–H and O–H groups in total. The van der Waals surface area contributed by atoms with E-state index in [0.717, 1.165) is 25.7 Å². The first-order valence-electron chi connectivity index (χ1n) is 5.19. The summed E-state index contributed by atoms with van der Waals surface area (Å²) >= 11 is 5.63. The van der Waals surface area contributed by atoms with Crippen molar-refractivity contribution in [2.24, 2.45) is 0 Å². The zero-order valence-electron chi connectivity index (χ0n) is 9.24. The Hall–Kier alpha value is -0.690. The van der Waals surface area contributed by atoms with Crippen LogP contribution in [0, 0.1) is 3.57 Å². The maximum Gasteiger partial charge on any atom is 0.161 e. The fourth-order valence-corrected chi connectivity index (χ4v) is 2.53. The van der Waals surface area contributed by atoms with Crippen molar-refractivity contribution in [1.29, 1.82) is 0 Å². The SMILES string of the molecule is CCc1nc(-c2cccc(Br)c2)nc(N)c1I. The molecule has 0 aliphatic heterocycles. The van der Waals surface area contributed by atoms with Crippen molar-refractivity contribution in [2.75, 3.05) is 5.73 Å². The molecule has 0 aliphatic rings. The molecule has 2 rings (SSSR count). The highest BCUT2D eigenvalue weighted by molar-refractivity contribution is 14.1. The van der Waals surface area contributed by atoms with E-state index in [4.69, 9.17) is 5.73 Å². The second-order valence-electron chi connectivity index (χ2n) is 3.56. The van der Waals surface area contributed by atoms with Gasteiger partial charge in [0.1, 0.15) is 5.82 Å². The Morgan fingerprint density at radius 1 is 1.35 bits per heavy atom. The number of hydrogen-bond donors (Lipinski definition) is 1. The molecule has 0 fully saturated rings. The van der Waals surface area contributed by atoms with E-state index in [1.165, 1.54) is 0 Å². The van der Waals surface area contributed by atoms with Crippen LogP contribution in [-0.2, 0) is 6.42 Å². The lowest BCUT2D eigenvalue weighted by atomic mass is 10.2. The summed E-state index contributed by atoms with van der Waals surface area (Å²) < 4.78 is 1.96. The number of anilines is 1. The summed E-state index contributed by atoms with van der Waals surface area (Å²) in [6, 6.07) is 7.90. The van der Waals surface area contributed by atoms with Gasteiger partial charge < -0.3 is 5.73 Å². The Balaban J connectivity index is 2.56. The molecular weight excluding hydrogens is 393 g/mol. The summed E-state index contributed by atoms with van der Waals surface area (Å²) in [6.45, 7) is 2.06. The summed E-state index contributed by atoms with van der Waals surface area (Å²) in [7, 11) is 0. The highest BCUT2D eigenvalue weighted by Crippen LogP contribution is 2.24. The van der Waals surface area contributed by atoms with Gasteiger partial charge in [-0.25, -0.2) is 9.97 Å². The summed E-state index contributed by atoms with van der Waals surface area (Å²) in [4.78, 5) is 8.87. The molecule has 5 heteroatoms. The van der Waals surface area contributed by atoms with Gasteiger partial charge in [0.2, 0.25) is 0 Å². The van der Waals surface area contributed by atoms with Crippen LogP contribution in [0.25, 0.3) is 11.4 Å². The van der Waals surface area contributed by atoms with Crippen LogP contribution in [0.1, 0.15) is 12.6 Å². The Morgan fingerprint density at radius 2 is 2.12 bits per heavy atom. The Kier molecular flexibility index (Phi) is 3.98. The second kappa shape index (κ2) is 5.30. The van der Waals surface area contributed by atoms with Crippen molar-refractivity contribution < 1.29 is 0 Å². The molecule has 2 aromatic rings. The summed E-state index contributed by atoms with van der Waals surface area (Å²) in [5, 5.41) is 0. The molecule has 0 saturated carbocycles. The smallest absolute Gasteiger partial charge is 0.161 e.